The van der Waals surface area contributed by atoms with E-state index in [4.69, 9.17) is 9.47 Å². The summed E-state index contributed by atoms with van der Waals surface area (Å²) >= 11 is 0. The molecule has 0 unspecified atom stereocenters. The highest BCUT2D eigenvalue weighted by molar-refractivity contribution is 5.97. The Morgan fingerprint density at radius 3 is 2.45 bits per heavy atom. The smallest absolute Gasteiger partial charge is 0.246 e. The first kappa shape index (κ1) is 21.9. The highest BCUT2D eigenvalue weighted by atomic mass is 19.1. The molecular formula is C22H25FN2O4. The molecule has 0 spiro atoms. The Bertz CT molecular complexity index is 879. The number of carbonyl (C=O) groups is 2. The Kier molecular flexibility index (Phi) is 7.77. The molecule has 2 amide bonds. The Hall–Kier alpha value is -3.35. The van der Waals surface area contributed by atoms with Crippen LogP contribution in [0.25, 0.3) is 6.08 Å². The largest absolute Gasteiger partial charge is 0.493 e. The predicted octanol–water partition coefficient (Wildman–Crippen LogP) is 3.73. The lowest BCUT2D eigenvalue weighted by Crippen LogP contribution is -2.33. The van der Waals surface area contributed by atoms with Crippen LogP contribution >= 0.6 is 0 Å². The second-order valence-corrected chi connectivity index (χ2v) is 6.66. The van der Waals surface area contributed by atoms with E-state index in [0.29, 0.717) is 17.2 Å². The maximum Gasteiger partial charge on any atom is 0.246 e. The topological polar surface area (TPSA) is 67.9 Å². The van der Waals surface area contributed by atoms with E-state index in [1.165, 1.54) is 42.3 Å². The summed E-state index contributed by atoms with van der Waals surface area (Å²) in [6.07, 6.45) is 3.03. The zero-order chi connectivity index (χ0) is 21.4. The molecule has 2 aromatic rings. The van der Waals surface area contributed by atoms with E-state index < -0.39 is 0 Å². The van der Waals surface area contributed by atoms with Crippen LogP contribution in [0.5, 0.6) is 11.5 Å². The van der Waals surface area contributed by atoms with Gasteiger partial charge in [0.2, 0.25) is 11.8 Å². The second kappa shape index (κ2) is 10.3. The predicted molar refractivity (Wildman–Crippen MR) is 110 cm³/mol. The molecule has 154 valence electrons. The van der Waals surface area contributed by atoms with Crippen LogP contribution in [-0.4, -0.2) is 43.5 Å². The summed E-state index contributed by atoms with van der Waals surface area (Å²) in [5.74, 6) is 0.0974. The molecule has 0 heterocycles. The summed E-state index contributed by atoms with van der Waals surface area (Å²) in [6.45, 7) is 3.72. The molecule has 0 atom stereocenters. The Morgan fingerprint density at radius 2 is 1.83 bits per heavy atom. The second-order valence-electron chi connectivity index (χ2n) is 6.66. The minimum absolute atomic E-state index is 0.0153. The highest BCUT2D eigenvalue weighted by Crippen LogP contribution is 2.29. The van der Waals surface area contributed by atoms with Gasteiger partial charge in [-0.05, 0) is 61.9 Å². The summed E-state index contributed by atoms with van der Waals surface area (Å²) < 4.78 is 23.9. The van der Waals surface area contributed by atoms with E-state index in [9.17, 15) is 14.0 Å². The van der Waals surface area contributed by atoms with Crippen LogP contribution in [0.15, 0.2) is 48.5 Å². The molecule has 29 heavy (non-hydrogen) atoms. The molecule has 6 nitrogen and oxygen atoms in total. The quantitative estimate of drug-likeness (QED) is 0.686. The standard InChI is InChI=1S/C22H25FN2O4/c1-15(2)29-19-11-5-16(13-20(19)28-4)6-12-22(27)25(3)14-21(26)24-18-9-7-17(23)8-10-18/h5-13,15H,14H2,1-4H3,(H,24,26)/b12-6+. The summed E-state index contributed by atoms with van der Waals surface area (Å²) in [7, 11) is 3.08. The fourth-order valence-corrected chi connectivity index (χ4v) is 2.46. The number of ether oxygens (including phenoxy) is 2. The van der Waals surface area contributed by atoms with E-state index in [1.54, 1.807) is 25.3 Å². The lowest BCUT2D eigenvalue weighted by Gasteiger charge is -2.15. The van der Waals surface area contributed by atoms with Gasteiger partial charge in [-0.2, -0.15) is 0 Å². The molecule has 0 aliphatic heterocycles. The number of hydrogen-bond donors (Lipinski definition) is 1. The maximum absolute atomic E-state index is 12.9. The minimum atomic E-state index is -0.388. The molecule has 0 saturated carbocycles. The normalized spacial score (nSPS) is 10.8. The number of amides is 2. The summed E-state index contributed by atoms with van der Waals surface area (Å²) in [4.78, 5) is 25.6. The van der Waals surface area contributed by atoms with Crippen LogP contribution in [0.1, 0.15) is 19.4 Å². The molecule has 0 bridgehead atoms. The number of hydrogen-bond acceptors (Lipinski definition) is 4. The number of likely N-dealkylation sites (N-methyl/N-ethyl adjacent to an activating group) is 1. The molecule has 7 heteroatoms. The summed E-state index contributed by atoms with van der Waals surface area (Å²) in [6, 6.07) is 10.8. The van der Waals surface area contributed by atoms with Crippen LogP contribution in [0, 0.1) is 5.82 Å². The van der Waals surface area contributed by atoms with Gasteiger partial charge in [-0.1, -0.05) is 6.07 Å². The number of halogens is 1. The first-order valence-corrected chi connectivity index (χ1v) is 9.11. The zero-order valence-corrected chi connectivity index (χ0v) is 16.9. The van der Waals surface area contributed by atoms with E-state index in [1.807, 2.05) is 19.9 Å². The van der Waals surface area contributed by atoms with Crippen molar-refractivity contribution in [1.82, 2.24) is 4.90 Å². The van der Waals surface area contributed by atoms with Gasteiger partial charge >= 0.3 is 0 Å². The fourth-order valence-electron chi connectivity index (χ4n) is 2.46. The Labute approximate surface area is 169 Å². The van der Waals surface area contributed by atoms with Gasteiger partial charge in [0.25, 0.3) is 0 Å². The van der Waals surface area contributed by atoms with Crippen molar-refractivity contribution >= 4 is 23.6 Å². The summed E-state index contributed by atoms with van der Waals surface area (Å²) in [5, 5.41) is 2.61. The molecule has 0 radical (unpaired) electrons. The SMILES string of the molecule is COc1cc(/C=C/C(=O)N(C)CC(=O)Nc2ccc(F)cc2)ccc1OC(C)C. The van der Waals surface area contributed by atoms with Crippen molar-refractivity contribution in [3.05, 3.63) is 59.9 Å². The van der Waals surface area contributed by atoms with Gasteiger partial charge in [0.15, 0.2) is 11.5 Å². The van der Waals surface area contributed by atoms with E-state index in [2.05, 4.69) is 5.32 Å². The van der Waals surface area contributed by atoms with Gasteiger partial charge in [0, 0.05) is 18.8 Å². The number of benzene rings is 2. The molecule has 0 aliphatic carbocycles. The Morgan fingerprint density at radius 1 is 1.14 bits per heavy atom. The molecule has 0 aliphatic rings. The number of nitrogens with one attached hydrogen (secondary N) is 1. The third kappa shape index (κ3) is 6.95. The van der Waals surface area contributed by atoms with Crippen LogP contribution < -0.4 is 14.8 Å². The van der Waals surface area contributed by atoms with Crippen molar-refractivity contribution in [1.29, 1.82) is 0 Å². The van der Waals surface area contributed by atoms with Crippen molar-refractivity contribution < 1.29 is 23.5 Å². The van der Waals surface area contributed by atoms with Gasteiger partial charge in [-0.3, -0.25) is 9.59 Å². The number of carbonyl (C=O) groups excluding carboxylic acids is 2. The van der Waals surface area contributed by atoms with Gasteiger partial charge in [0.1, 0.15) is 5.82 Å². The van der Waals surface area contributed by atoms with Crippen molar-refractivity contribution in [2.75, 3.05) is 26.0 Å². The van der Waals surface area contributed by atoms with Crippen molar-refractivity contribution in [2.24, 2.45) is 0 Å². The monoisotopic (exact) mass is 400 g/mol. The maximum atomic E-state index is 12.9. The molecule has 0 saturated heterocycles. The van der Waals surface area contributed by atoms with Crippen molar-refractivity contribution in [3.8, 4) is 11.5 Å². The highest BCUT2D eigenvalue weighted by Gasteiger charge is 2.11. The molecule has 0 aromatic heterocycles. The van der Waals surface area contributed by atoms with Gasteiger partial charge in [0.05, 0.1) is 19.8 Å². The number of anilines is 1. The summed E-state index contributed by atoms with van der Waals surface area (Å²) in [5.41, 5.74) is 1.22. The number of nitrogens with zero attached hydrogens (tertiary/aromatic N) is 1. The van der Waals surface area contributed by atoms with Gasteiger partial charge < -0.3 is 19.7 Å². The third-order valence-electron chi connectivity index (χ3n) is 3.85. The average molecular weight is 400 g/mol. The van der Waals surface area contributed by atoms with E-state index in [0.717, 1.165) is 5.56 Å². The van der Waals surface area contributed by atoms with Crippen LogP contribution in [0.2, 0.25) is 0 Å². The van der Waals surface area contributed by atoms with Crippen molar-refractivity contribution in [2.45, 2.75) is 20.0 Å². The Balaban J connectivity index is 1.95. The molecular weight excluding hydrogens is 375 g/mol. The molecule has 2 rings (SSSR count). The van der Waals surface area contributed by atoms with Gasteiger partial charge in [-0.25, -0.2) is 4.39 Å². The van der Waals surface area contributed by atoms with Crippen LogP contribution in [0.4, 0.5) is 10.1 Å². The zero-order valence-electron chi connectivity index (χ0n) is 16.9. The van der Waals surface area contributed by atoms with E-state index in [-0.39, 0.29) is 30.3 Å². The first-order chi connectivity index (χ1) is 13.8. The van der Waals surface area contributed by atoms with E-state index >= 15 is 0 Å². The van der Waals surface area contributed by atoms with Crippen molar-refractivity contribution in [3.63, 3.8) is 0 Å². The lowest BCUT2D eigenvalue weighted by atomic mass is 10.2. The van der Waals surface area contributed by atoms with Gasteiger partial charge in [-0.15, -0.1) is 0 Å². The minimum Gasteiger partial charge on any atom is -0.493 e. The number of methoxy groups -OCH3 is 1. The molecule has 2 aromatic carbocycles. The third-order valence-corrected chi connectivity index (χ3v) is 3.85. The number of rotatable bonds is 8. The average Bonchev–Trinajstić information content (AvgIpc) is 2.68. The molecule has 1 N–H and O–H groups in total. The van der Waals surface area contributed by atoms with Crippen LogP contribution in [-0.2, 0) is 9.59 Å². The van der Waals surface area contributed by atoms with Crippen LogP contribution in [0.3, 0.4) is 0 Å². The first-order valence-electron chi connectivity index (χ1n) is 9.11. The molecule has 0 fully saturated rings. The lowest BCUT2D eigenvalue weighted by molar-refractivity contribution is -0.129. The fraction of sp³-hybridized carbons (Fsp3) is 0.273.